The van der Waals surface area contributed by atoms with E-state index in [-0.39, 0.29) is 0 Å². The first-order chi connectivity index (χ1) is 4.29. The topological polar surface area (TPSA) is 26.0 Å². The molecule has 0 saturated heterocycles. The molecule has 0 radical (unpaired) electrons. The minimum absolute atomic E-state index is 0.554. The number of fused-ring (bicyclic) bond motifs is 2. The number of hydrogen-bond acceptors (Lipinski definition) is 1. The van der Waals surface area contributed by atoms with Crippen LogP contribution in [0.25, 0.3) is 0 Å². The predicted octanol–water partition coefficient (Wildman–Crippen LogP) is 1.38. The fourth-order valence-electron chi connectivity index (χ4n) is 2.74. The highest BCUT2D eigenvalue weighted by Crippen LogP contribution is 2.48. The summed E-state index contributed by atoms with van der Waals surface area (Å²) in [5, 5.41) is 0. The van der Waals surface area contributed by atoms with Crippen LogP contribution < -0.4 is 5.73 Å². The van der Waals surface area contributed by atoms with Gasteiger partial charge in [0.15, 0.2) is 0 Å². The quantitative estimate of drug-likeness (QED) is 0.520. The fraction of sp³-hybridized carbons (Fsp3) is 1.00. The highest BCUT2D eigenvalue weighted by atomic mass is 14.7. The van der Waals surface area contributed by atoms with Gasteiger partial charge in [-0.05, 0) is 37.0 Å². The second kappa shape index (κ2) is 1.72. The summed E-state index contributed by atoms with van der Waals surface area (Å²) in [5.41, 5.74) is 5.91. The molecule has 0 aromatic rings. The van der Waals surface area contributed by atoms with Gasteiger partial charge in [-0.2, -0.15) is 0 Å². The van der Waals surface area contributed by atoms with Crippen LogP contribution in [0.2, 0.25) is 0 Å². The summed E-state index contributed by atoms with van der Waals surface area (Å²) in [6.07, 6.45) is 4.18. The summed E-state index contributed by atoms with van der Waals surface area (Å²) in [6.45, 7) is 2.37. The lowest BCUT2D eigenvalue weighted by Crippen LogP contribution is -2.27. The fourth-order valence-corrected chi connectivity index (χ4v) is 2.74. The molecule has 2 rings (SSSR count). The molecular formula is C8H15N. The van der Waals surface area contributed by atoms with Crippen LogP contribution in [0.5, 0.6) is 0 Å². The Morgan fingerprint density at radius 1 is 1.33 bits per heavy atom. The number of hydrogen-bond donors (Lipinski definition) is 1. The normalized spacial score (nSPS) is 56.7. The zero-order valence-corrected chi connectivity index (χ0v) is 6.01. The van der Waals surface area contributed by atoms with E-state index >= 15 is 0 Å². The predicted molar refractivity (Wildman–Crippen MR) is 38.0 cm³/mol. The Labute approximate surface area is 56.6 Å². The molecule has 0 aromatic heterocycles. The molecule has 0 unspecified atom stereocenters. The smallest absolute Gasteiger partial charge is 0.00725 e. The Bertz CT molecular complexity index is 122. The van der Waals surface area contributed by atoms with Gasteiger partial charge in [0.25, 0.3) is 0 Å². The third kappa shape index (κ3) is 0.644. The molecular weight excluding hydrogens is 110 g/mol. The van der Waals surface area contributed by atoms with Gasteiger partial charge >= 0.3 is 0 Å². The lowest BCUT2D eigenvalue weighted by atomic mass is 9.96. The SMILES string of the molecule is C[C@H]1[C@@H]2CC[C@H]1[C@@H](N)C2. The highest BCUT2D eigenvalue weighted by molar-refractivity contribution is 4.96. The van der Waals surface area contributed by atoms with Crippen LogP contribution in [0.15, 0.2) is 0 Å². The van der Waals surface area contributed by atoms with Crippen LogP contribution >= 0.6 is 0 Å². The Morgan fingerprint density at radius 2 is 2.11 bits per heavy atom. The lowest BCUT2D eigenvalue weighted by molar-refractivity contribution is 0.407. The van der Waals surface area contributed by atoms with Gasteiger partial charge in [0.05, 0.1) is 0 Å². The number of rotatable bonds is 0. The van der Waals surface area contributed by atoms with Crippen molar-refractivity contribution in [3.63, 3.8) is 0 Å². The van der Waals surface area contributed by atoms with Crippen LogP contribution in [0.1, 0.15) is 26.2 Å². The van der Waals surface area contributed by atoms with E-state index in [1.54, 1.807) is 0 Å². The summed E-state index contributed by atoms with van der Waals surface area (Å²) in [5.74, 6) is 2.82. The zero-order chi connectivity index (χ0) is 6.43. The molecule has 0 heterocycles. The molecule has 2 aliphatic rings. The standard InChI is InChI=1S/C8H15N/c1-5-6-2-3-7(5)8(9)4-6/h5-8H,2-4,9H2,1H3/t5-,6+,7+,8-/m0/s1. The van der Waals surface area contributed by atoms with Crippen LogP contribution in [-0.2, 0) is 0 Å². The summed E-state index contributed by atoms with van der Waals surface area (Å²) in [4.78, 5) is 0. The molecule has 1 heteroatoms. The van der Waals surface area contributed by atoms with Crippen molar-refractivity contribution in [2.45, 2.75) is 32.2 Å². The summed E-state index contributed by atoms with van der Waals surface area (Å²) in [6, 6.07) is 0.554. The average molecular weight is 125 g/mol. The molecule has 2 saturated carbocycles. The molecule has 0 aliphatic heterocycles. The summed E-state index contributed by atoms with van der Waals surface area (Å²) in [7, 11) is 0. The van der Waals surface area contributed by atoms with Gasteiger partial charge in [0.1, 0.15) is 0 Å². The highest BCUT2D eigenvalue weighted by Gasteiger charge is 2.43. The molecule has 2 bridgehead atoms. The summed E-state index contributed by atoms with van der Waals surface area (Å²) >= 11 is 0. The van der Waals surface area contributed by atoms with Crippen molar-refractivity contribution in [3.8, 4) is 0 Å². The third-order valence-electron chi connectivity index (χ3n) is 3.41. The van der Waals surface area contributed by atoms with Crippen molar-refractivity contribution in [3.05, 3.63) is 0 Å². The molecule has 2 N–H and O–H groups in total. The van der Waals surface area contributed by atoms with E-state index in [1.165, 1.54) is 19.3 Å². The van der Waals surface area contributed by atoms with Gasteiger partial charge in [0, 0.05) is 6.04 Å². The van der Waals surface area contributed by atoms with Crippen molar-refractivity contribution in [1.82, 2.24) is 0 Å². The van der Waals surface area contributed by atoms with Gasteiger partial charge in [-0.3, -0.25) is 0 Å². The number of nitrogens with two attached hydrogens (primary N) is 1. The van der Waals surface area contributed by atoms with Crippen LogP contribution in [0.4, 0.5) is 0 Å². The molecule has 2 fully saturated rings. The van der Waals surface area contributed by atoms with Crippen molar-refractivity contribution in [1.29, 1.82) is 0 Å². The van der Waals surface area contributed by atoms with Crippen molar-refractivity contribution >= 4 is 0 Å². The van der Waals surface area contributed by atoms with E-state index in [9.17, 15) is 0 Å². The first-order valence-corrected chi connectivity index (χ1v) is 4.04. The molecule has 4 atom stereocenters. The first kappa shape index (κ1) is 5.72. The second-order valence-corrected chi connectivity index (χ2v) is 3.76. The van der Waals surface area contributed by atoms with E-state index in [2.05, 4.69) is 6.92 Å². The second-order valence-electron chi connectivity index (χ2n) is 3.76. The maximum absolute atomic E-state index is 5.91. The van der Waals surface area contributed by atoms with Gasteiger partial charge in [-0.1, -0.05) is 6.92 Å². The van der Waals surface area contributed by atoms with Gasteiger partial charge < -0.3 is 5.73 Å². The van der Waals surface area contributed by atoms with Crippen LogP contribution in [0.3, 0.4) is 0 Å². The van der Waals surface area contributed by atoms with Crippen molar-refractivity contribution in [2.24, 2.45) is 23.5 Å². The molecule has 52 valence electrons. The molecule has 0 amide bonds. The maximum Gasteiger partial charge on any atom is 0.00725 e. The monoisotopic (exact) mass is 125 g/mol. The van der Waals surface area contributed by atoms with Gasteiger partial charge in [-0.25, -0.2) is 0 Å². The Morgan fingerprint density at radius 3 is 2.33 bits per heavy atom. The van der Waals surface area contributed by atoms with Crippen LogP contribution in [0, 0.1) is 17.8 Å². The van der Waals surface area contributed by atoms with E-state index < -0.39 is 0 Å². The zero-order valence-electron chi connectivity index (χ0n) is 6.01. The van der Waals surface area contributed by atoms with Crippen molar-refractivity contribution < 1.29 is 0 Å². The van der Waals surface area contributed by atoms with Gasteiger partial charge in [0.2, 0.25) is 0 Å². The van der Waals surface area contributed by atoms with Crippen molar-refractivity contribution in [2.75, 3.05) is 0 Å². The van der Waals surface area contributed by atoms with Gasteiger partial charge in [-0.15, -0.1) is 0 Å². The molecule has 0 aromatic carbocycles. The Kier molecular flexibility index (Phi) is 1.10. The summed E-state index contributed by atoms with van der Waals surface area (Å²) < 4.78 is 0. The average Bonchev–Trinajstić information content (AvgIpc) is 2.25. The largest absolute Gasteiger partial charge is 0.327 e. The van der Waals surface area contributed by atoms with E-state index in [4.69, 9.17) is 5.73 Å². The minimum atomic E-state index is 0.554. The molecule has 0 spiro atoms. The molecule has 1 nitrogen and oxygen atoms in total. The molecule has 2 aliphatic carbocycles. The maximum atomic E-state index is 5.91. The van der Waals surface area contributed by atoms with E-state index in [0.717, 1.165) is 17.8 Å². The molecule has 9 heavy (non-hydrogen) atoms. The minimum Gasteiger partial charge on any atom is -0.327 e. The first-order valence-electron chi connectivity index (χ1n) is 4.04. The third-order valence-corrected chi connectivity index (χ3v) is 3.41. The van der Waals surface area contributed by atoms with E-state index in [1.807, 2.05) is 0 Å². The Balaban J connectivity index is 2.16. The lowest BCUT2D eigenvalue weighted by Gasteiger charge is -2.15. The van der Waals surface area contributed by atoms with E-state index in [0.29, 0.717) is 6.04 Å². The Hall–Kier alpha value is -0.0400. The van der Waals surface area contributed by atoms with Crippen LogP contribution in [-0.4, -0.2) is 6.04 Å².